The van der Waals surface area contributed by atoms with Gasteiger partial charge in [-0.05, 0) is 19.9 Å². The van der Waals surface area contributed by atoms with E-state index in [0.29, 0.717) is 0 Å². The molecule has 16 heavy (non-hydrogen) atoms. The van der Waals surface area contributed by atoms with Gasteiger partial charge in [-0.3, -0.25) is 4.90 Å². The number of likely N-dealkylation sites (N-methyl/N-ethyl adjacent to an activating group) is 1. The molecule has 0 aromatic carbocycles. The third-order valence-electron chi connectivity index (χ3n) is 3.82. The van der Waals surface area contributed by atoms with Gasteiger partial charge in [0.05, 0.1) is 0 Å². The Labute approximate surface area is 98.9 Å². The summed E-state index contributed by atoms with van der Waals surface area (Å²) < 4.78 is 0. The lowest BCUT2D eigenvalue weighted by atomic mass is 10.2. The van der Waals surface area contributed by atoms with E-state index < -0.39 is 0 Å². The van der Waals surface area contributed by atoms with Crippen LogP contribution in [0.1, 0.15) is 12.8 Å². The van der Waals surface area contributed by atoms with Crippen molar-refractivity contribution in [3.05, 3.63) is 37.0 Å². The number of hydrogen-bond donors (Lipinski definition) is 0. The van der Waals surface area contributed by atoms with Gasteiger partial charge in [0.2, 0.25) is 0 Å². The summed E-state index contributed by atoms with van der Waals surface area (Å²) in [6, 6.07) is 1.60. The summed E-state index contributed by atoms with van der Waals surface area (Å²) in [5.41, 5.74) is 1.20. The largest absolute Gasteiger partial charge is 0.301 e. The highest BCUT2D eigenvalue weighted by atomic mass is 15.3. The van der Waals surface area contributed by atoms with Crippen molar-refractivity contribution in [1.82, 2.24) is 9.80 Å². The SMILES string of the molecule is C=CC=CC(=C)CCN1CC2CC1CN2C. The average Bonchev–Trinajstić information content (AvgIpc) is 2.82. The zero-order valence-electron chi connectivity index (χ0n) is 10.2. The summed E-state index contributed by atoms with van der Waals surface area (Å²) in [6.45, 7) is 11.4. The zero-order valence-corrected chi connectivity index (χ0v) is 10.2. The lowest BCUT2D eigenvalue weighted by Crippen LogP contribution is -2.44. The standard InChI is InChI=1S/C14H22N2/c1-4-5-6-12(2)7-8-16-11-13-9-14(16)10-15(13)3/h4-6,13-14H,1-2,7-11H2,3H3. The van der Waals surface area contributed by atoms with E-state index in [4.69, 9.17) is 0 Å². The highest BCUT2D eigenvalue weighted by Crippen LogP contribution is 2.29. The van der Waals surface area contributed by atoms with Crippen molar-refractivity contribution >= 4 is 0 Å². The number of piperazine rings is 1. The molecule has 2 atom stereocenters. The zero-order chi connectivity index (χ0) is 11.5. The van der Waals surface area contributed by atoms with Gasteiger partial charge >= 0.3 is 0 Å². The van der Waals surface area contributed by atoms with E-state index in [0.717, 1.165) is 25.0 Å². The summed E-state index contributed by atoms with van der Waals surface area (Å²) in [7, 11) is 2.24. The van der Waals surface area contributed by atoms with Crippen LogP contribution in [0.15, 0.2) is 37.0 Å². The van der Waals surface area contributed by atoms with Crippen LogP contribution < -0.4 is 0 Å². The molecule has 0 radical (unpaired) electrons. The molecule has 0 saturated carbocycles. The molecule has 0 aromatic rings. The molecule has 2 fully saturated rings. The van der Waals surface area contributed by atoms with Crippen molar-refractivity contribution < 1.29 is 0 Å². The van der Waals surface area contributed by atoms with Gasteiger partial charge in [-0.25, -0.2) is 0 Å². The highest BCUT2D eigenvalue weighted by Gasteiger charge is 2.40. The molecule has 2 bridgehead atoms. The van der Waals surface area contributed by atoms with Crippen molar-refractivity contribution in [2.75, 3.05) is 26.7 Å². The maximum absolute atomic E-state index is 4.06. The quantitative estimate of drug-likeness (QED) is 0.652. The molecule has 2 unspecified atom stereocenters. The van der Waals surface area contributed by atoms with Gasteiger partial charge in [-0.1, -0.05) is 37.0 Å². The topological polar surface area (TPSA) is 6.48 Å². The maximum Gasteiger partial charge on any atom is 0.0239 e. The Hall–Kier alpha value is -0.860. The van der Waals surface area contributed by atoms with Crippen LogP contribution in [0, 0.1) is 0 Å². The second-order valence-electron chi connectivity index (χ2n) is 4.98. The molecular weight excluding hydrogens is 196 g/mol. The van der Waals surface area contributed by atoms with Gasteiger partial charge in [0.25, 0.3) is 0 Å². The van der Waals surface area contributed by atoms with Crippen LogP contribution in [0.2, 0.25) is 0 Å². The van der Waals surface area contributed by atoms with E-state index in [1.807, 2.05) is 6.08 Å². The van der Waals surface area contributed by atoms with Crippen molar-refractivity contribution in [2.45, 2.75) is 24.9 Å². The molecule has 88 valence electrons. The summed E-state index contributed by atoms with van der Waals surface area (Å²) in [4.78, 5) is 5.12. The predicted molar refractivity (Wildman–Crippen MR) is 69.5 cm³/mol. The fraction of sp³-hybridized carbons (Fsp3) is 0.571. The minimum atomic E-state index is 0.797. The molecule has 2 nitrogen and oxygen atoms in total. The van der Waals surface area contributed by atoms with Gasteiger partial charge in [0.15, 0.2) is 0 Å². The molecule has 0 N–H and O–H groups in total. The van der Waals surface area contributed by atoms with Crippen LogP contribution in [-0.2, 0) is 0 Å². The fourth-order valence-electron chi connectivity index (χ4n) is 2.80. The van der Waals surface area contributed by atoms with E-state index >= 15 is 0 Å². The second-order valence-corrected chi connectivity index (χ2v) is 4.98. The second kappa shape index (κ2) is 4.98. The van der Waals surface area contributed by atoms with Crippen molar-refractivity contribution in [3.63, 3.8) is 0 Å². The fourth-order valence-corrected chi connectivity index (χ4v) is 2.80. The van der Waals surface area contributed by atoms with Crippen molar-refractivity contribution in [3.8, 4) is 0 Å². The van der Waals surface area contributed by atoms with Gasteiger partial charge in [0, 0.05) is 31.7 Å². The Bertz CT molecular complexity index is 304. The molecular formula is C14H22N2. The minimum Gasteiger partial charge on any atom is -0.301 e. The summed E-state index contributed by atoms with van der Waals surface area (Å²) in [6.07, 6.45) is 8.28. The molecule has 2 heterocycles. The Kier molecular flexibility index (Phi) is 3.62. The van der Waals surface area contributed by atoms with Crippen LogP contribution in [0.4, 0.5) is 0 Å². The van der Waals surface area contributed by atoms with Crippen LogP contribution in [-0.4, -0.2) is 48.6 Å². The first-order chi connectivity index (χ1) is 7.70. The lowest BCUT2D eigenvalue weighted by Gasteiger charge is -2.31. The van der Waals surface area contributed by atoms with E-state index in [2.05, 4.69) is 36.1 Å². The van der Waals surface area contributed by atoms with E-state index in [1.165, 1.54) is 25.1 Å². The van der Waals surface area contributed by atoms with E-state index in [-0.39, 0.29) is 0 Å². The van der Waals surface area contributed by atoms with Crippen LogP contribution >= 0.6 is 0 Å². The molecule has 2 heteroatoms. The number of allylic oxidation sites excluding steroid dienone is 3. The third kappa shape index (κ3) is 2.45. The molecule has 2 saturated heterocycles. The van der Waals surface area contributed by atoms with Gasteiger partial charge in [-0.2, -0.15) is 0 Å². The Morgan fingerprint density at radius 3 is 2.75 bits per heavy atom. The van der Waals surface area contributed by atoms with E-state index in [9.17, 15) is 0 Å². The monoisotopic (exact) mass is 218 g/mol. The Morgan fingerprint density at radius 2 is 2.19 bits per heavy atom. The van der Waals surface area contributed by atoms with Crippen LogP contribution in [0.25, 0.3) is 0 Å². The molecule has 0 amide bonds. The predicted octanol–water partition coefficient (Wildman–Crippen LogP) is 2.06. The first kappa shape index (κ1) is 11.6. The maximum atomic E-state index is 4.06. The van der Waals surface area contributed by atoms with Crippen molar-refractivity contribution in [2.24, 2.45) is 0 Å². The van der Waals surface area contributed by atoms with E-state index in [1.54, 1.807) is 6.08 Å². The summed E-state index contributed by atoms with van der Waals surface area (Å²) >= 11 is 0. The molecule has 2 aliphatic heterocycles. The highest BCUT2D eigenvalue weighted by molar-refractivity contribution is 5.18. The smallest absolute Gasteiger partial charge is 0.0239 e. The number of nitrogens with zero attached hydrogens (tertiary/aromatic N) is 2. The molecule has 0 spiro atoms. The normalized spacial score (nSPS) is 30.3. The lowest BCUT2D eigenvalue weighted by molar-refractivity contribution is 0.151. The Balaban J connectivity index is 1.74. The molecule has 0 aromatic heterocycles. The number of likely N-dealkylation sites (tertiary alicyclic amines) is 2. The number of rotatable bonds is 5. The van der Waals surface area contributed by atoms with Crippen LogP contribution in [0.3, 0.4) is 0 Å². The van der Waals surface area contributed by atoms with Gasteiger partial charge in [-0.15, -0.1) is 0 Å². The van der Waals surface area contributed by atoms with Gasteiger partial charge in [0.1, 0.15) is 0 Å². The number of fused-ring (bicyclic) bond motifs is 2. The minimum absolute atomic E-state index is 0.797. The van der Waals surface area contributed by atoms with Gasteiger partial charge < -0.3 is 4.90 Å². The number of hydrogen-bond acceptors (Lipinski definition) is 2. The first-order valence-corrected chi connectivity index (χ1v) is 6.12. The molecule has 2 rings (SSSR count). The van der Waals surface area contributed by atoms with Crippen molar-refractivity contribution in [1.29, 1.82) is 0 Å². The summed E-state index contributed by atoms with van der Waals surface area (Å²) in [5.74, 6) is 0. The Morgan fingerprint density at radius 1 is 1.38 bits per heavy atom. The average molecular weight is 218 g/mol. The first-order valence-electron chi connectivity index (χ1n) is 6.12. The third-order valence-corrected chi connectivity index (χ3v) is 3.82. The molecule has 2 aliphatic rings. The summed E-state index contributed by atoms with van der Waals surface area (Å²) in [5, 5.41) is 0. The van der Waals surface area contributed by atoms with Crippen LogP contribution in [0.5, 0.6) is 0 Å². The molecule has 0 aliphatic carbocycles.